The lowest BCUT2D eigenvalue weighted by Crippen LogP contribution is -2.28. The Morgan fingerprint density at radius 2 is 1.90 bits per heavy atom. The second kappa shape index (κ2) is 8.43. The molecule has 2 aromatic carbocycles. The third kappa shape index (κ3) is 4.11. The highest BCUT2D eigenvalue weighted by Gasteiger charge is 2.35. The minimum Gasteiger partial charge on any atom is -0.383 e. The Kier molecular flexibility index (Phi) is 5.88. The topological polar surface area (TPSA) is 81.0 Å². The maximum Gasteiger partial charge on any atom is 0.279 e. The molecule has 0 radical (unpaired) electrons. The molecule has 1 aliphatic rings. The summed E-state index contributed by atoms with van der Waals surface area (Å²) in [5.41, 5.74) is 1.34. The van der Waals surface area contributed by atoms with Crippen LogP contribution in [0.3, 0.4) is 0 Å². The van der Waals surface area contributed by atoms with Crippen LogP contribution in [0, 0.1) is 0 Å². The molecule has 1 heterocycles. The van der Waals surface area contributed by atoms with Crippen LogP contribution in [-0.4, -0.2) is 50.0 Å². The van der Waals surface area contributed by atoms with E-state index in [1.807, 2.05) is 28.8 Å². The van der Waals surface area contributed by atoms with Gasteiger partial charge in [-0.05, 0) is 49.2 Å². The van der Waals surface area contributed by atoms with Gasteiger partial charge in [0.1, 0.15) is 0 Å². The molecule has 3 aromatic rings. The average Bonchev–Trinajstić information content (AvgIpc) is 3.54. The van der Waals surface area contributed by atoms with Crippen molar-refractivity contribution in [2.24, 2.45) is 4.99 Å². The Morgan fingerprint density at radius 1 is 1.20 bits per heavy atom. The molecule has 0 atom stereocenters. The van der Waals surface area contributed by atoms with Gasteiger partial charge in [0.15, 0.2) is 4.80 Å². The SMILES string of the molecule is COCCn1c(=NC(=O)c2ccc(S(=O)(=O)N(C)C3CC3)cc2)sc2ccccc21. The molecule has 0 saturated heterocycles. The van der Waals surface area contributed by atoms with E-state index in [0.717, 1.165) is 23.1 Å². The van der Waals surface area contributed by atoms with Crippen molar-refractivity contribution in [2.45, 2.75) is 30.3 Å². The van der Waals surface area contributed by atoms with E-state index in [2.05, 4.69) is 4.99 Å². The van der Waals surface area contributed by atoms with Gasteiger partial charge >= 0.3 is 0 Å². The molecule has 0 unspecified atom stereocenters. The maximum absolute atomic E-state index is 12.8. The van der Waals surface area contributed by atoms with Crippen LogP contribution in [0.25, 0.3) is 10.2 Å². The number of carbonyl (C=O) groups is 1. The second-order valence-corrected chi connectivity index (χ2v) is 10.2. The van der Waals surface area contributed by atoms with Gasteiger partial charge in [0.25, 0.3) is 5.91 Å². The first kappa shape index (κ1) is 20.9. The highest BCUT2D eigenvalue weighted by Crippen LogP contribution is 2.30. The summed E-state index contributed by atoms with van der Waals surface area (Å²) in [4.78, 5) is 17.8. The molecule has 0 bridgehead atoms. The van der Waals surface area contributed by atoms with Crippen molar-refractivity contribution < 1.29 is 17.9 Å². The third-order valence-corrected chi connectivity index (χ3v) is 8.13. The predicted octanol–water partition coefficient (Wildman–Crippen LogP) is 2.87. The Labute approximate surface area is 179 Å². The number of hydrogen-bond acceptors (Lipinski definition) is 5. The molecule has 4 rings (SSSR count). The van der Waals surface area contributed by atoms with E-state index < -0.39 is 15.9 Å². The summed E-state index contributed by atoms with van der Waals surface area (Å²) in [5.74, 6) is -0.410. The van der Waals surface area contributed by atoms with Gasteiger partial charge in [-0.3, -0.25) is 4.79 Å². The summed E-state index contributed by atoms with van der Waals surface area (Å²) in [5, 5.41) is 0. The number of hydrogen-bond donors (Lipinski definition) is 0. The Morgan fingerprint density at radius 3 is 2.57 bits per heavy atom. The standard InChI is InChI=1S/C21H23N3O4S2/c1-23(16-9-10-16)30(26,27)17-11-7-15(8-12-17)20(25)22-21-24(13-14-28-2)18-5-3-4-6-19(18)29-21/h3-8,11-12,16H,9-10,13-14H2,1-2H3. The van der Waals surface area contributed by atoms with Crippen molar-refractivity contribution >= 4 is 37.5 Å². The molecule has 1 amide bonds. The first-order valence-corrected chi connectivity index (χ1v) is 11.9. The lowest BCUT2D eigenvalue weighted by Gasteiger charge is -2.16. The van der Waals surface area contributed by atoms with Crippen molar-refractivity contribution in [1.82, 2.24) is 8.87 Å². The third-order valence-electron chi connectivity index (χ3n) is 5.14. The molecule has 1 saturated carbocycles. The number of methoxy groups -OCH3 is 1. The molecule has 158 valence electrons. The number of para-hydroxylation sites is 1. The highest BCUT2D eigenvalue weighted by atomic mass is 32.2. The molecule has 0 spiro atoms. The summed E-state index contributed by atoms with van der Waals surface area (Å²) in [7, 11) is -0.305. The number of nitrogens with zero attached hydrogens (tertiary/aromatic N) is 3. The Hall–Kier alpha value is -2.33. The summed E-state index contributed by atoms with van der Waals surface area (Å²) in [6.07, 6.45) is 1.78. The molecule has 9 heteroatoms. The van der Waals surface area contributed by atoms with Crippen molar-refractivity contribution in [3.05, 3.63) is 58.9 Å². The Bertz CT molecular complexity index is 1240. The summed E-state index contributed by atoms with van der Waals surface area (Å²) < 4.78 is 34.9. The number of ether oxygens (including phenoxy) is 1. The van der Waals surface area contributed by atoms with Gasteiger partial charge in [0.2, 0.25) is 10.0 Å². The minimum atomic E-state index is -3.54. The van der Waals surface area contributed by atoms with E-state index >= 15 is 0 Å². The molecule has 0 N–H and O–H groups in total. The van der Waals surface area contributed by atoms with Crippen LogP contribution in [-0.2, 0) is 21.3 Å². The number of aromatic nitrogens is 1. The quantitative estimate of drug-likeness (QED) is 0.560. The normalized spacial score (nSPS) is 15.2. The number of carbonyl (C=O) groups excluding carboxylic acids is 1. The van der Waals surface area contributed by atoms with Crippen molar-refractivity contribution in [2.75, 3.05) is 20.8 Å². The van der Waals surface area contributed by atoms with Crippen molar-refractivity contribution in [3.63, 3.8) is 0 Å². The summed E-state index contributed by atoms with van der Waals surface area (Å²) in [6, 6.07) is 13.9. The molecule has 1 aliphatic carbocycles. The lowest BCUT2D eigenvalue weighted by atomic mass is 10.2. The molecule has 1 aromatic heterocycles. The van der Waals surface area contributed by atoms with Crippen molar-refractivity contribution in [1.29, 1.82) is 0 Å². The van der Waals surface area contributed by atoms with Gasteiger partial charge in [0, 0.05) is 32.3 Å². The zero-order valence-electron chi connectivity index (χ0n) is 16.8. The maximum atomic E-state index is 12.8. The lowest BCUT2D eigenvalue weighted by molar-refractivity contribution is 0.0997. The predicted molar refractivity (Wildman–Crippen MR) is 116 cm³/mol. The minimum absolute atomic E-state index is 0.0850. The molecular weight excluding hydrogens is 422 g/mol. The number of benzene rings is 2. The van der Waals surface area contributed by atoms with Gasteiger partial charge in [0.05, 0.1) is 21.7 Å². The monoisotopic (exact) mass is 445 g/mol. The number of thiazole rings is 1. The fourth-order valence-electron chi connectivity index (χ4n) is 3.23. The van der Waals surface area contributed by atoms with E-state index in [1.54, 1.807) is 14.2 Å². The zero-order valence-corrected chi connectivity index (χ0v) is 18.4. The molecular formula is C21H23N3O4S2. The van der Waals surface area contributed by atoms with E-state index in [4.69, 9.17) is 4.74 Å². The molecule has 30 heavy (non-hydrogen) atoms. The van der Waals surface area contributed by atoms with Crippen LogP contribution in [0.5, 0.6) is 0 Å². The van der Waals surface area contributed by atoms with Crippen molar-refractivity contribution in [3.8, 4) is 0 Å². The number of fused-ring (bicyclic) bond motifs is 1. The zero-order chi connectivity index (χ0) is 21.3. The fraction of sp³-hybridized carbons (Fsp3) is 0.333. The van der Waals surface area contributed by atoms with E-state index in [1.165, 1.54) is 39.9 Å². The Balaban J connectivity index is 1.64. The first-order valence-electron chi connectivity index (χ1n) is 9.66. The average molecular weight is 446 g/mol. The number of rotatable bonds is 7. The van der Waals surface area contributed by atoms with Crippen LogP contribution in [0.15, 0.2) is 58.4 Å². The number of amides is 1. The van der Waals surface area contributed by atoms with Gasteiger partial charge in [-0.1, -0.05) is 23.5 Å². The van der Waals surface area contributed by atoms with Gasteiger partial charge in [-0.2, -0.15) is 9.30 Å². The number of sulfonamides is 1. The summed E-state index contributed by atoms with van der Waals surface area (Å²) in [6.45, 7) is 1.08. The van der Waals surface area contributed by atoms with Crippen LogP contribution < -0.4 is 4.80 Å². The van der Waals surface area contributed by atoms with Crippen LogP contribution in [0.2, 0.25) is 0 Å². The van der Waals surface area contributed by atoms with Gasteiger partial charge in [-0.15, -0.1) is 0 Å². The van der Waals surface area contributed by atoms with E-state index in [-0.39, 0.29) is 10.9 Å². The molecule has 0 aliphatic heterocycles. The highest BCUT2D eigenvalue weighted by molar-refractivity contribution is 7.89. The summed E-state index contributed by atoms with van der Waals surface area (Å²) >= 11 is 1.44. The van der Waals surface area contributed by atoms with Crippen LogP contribution >= 0.6 is 11.3 Å². The molecule has 7 nitrogen and oxygen atoms in total. The van der Waals surface area contributed by atoms with E-state index in [0.29, 0.717) is 23.5 Å². The molecule has 1 fully saturated rings. The van der Waals surface area contributed by atoms with Gasteiger partial charge < -0.3 is 9.30 Å². The fourth-order valence-corrected chi connectivity index (χ4v) is 5.70. The van der Waals surface area contributed by atoms with Crippen LogP contribution in [0.1, 0.15) is 23.2 Å². The first-order chi connectivity index (χ1) is 14.4. The smallest absolute Gasteiger partial charge is 0.279 e. The second-order valence-electron chi connectivity index (χ2n) is 7.19. The van der Waals surface area contributed by atoms with Crippen LogP contribution in [0.4, 0.5) is 0 Å². The largest absolute Gasteiger partial charge is 0.383 e. The van der Waals surface area contributed by atoms with Gasteiger partial charge in [-0.25, -0.2) is 8.42 Å². The van der Waals surface area contributed by atoms with E-state index in [9.17, 15) is 13.2 Å².